The summed E-state index contributed by atoms with van der Waals surface area (Å²) >= 11 is 0. The van der Waals surface area contributed by atoms with Crippen molar-refractivity contribution in [2.75, 3.05) is 5.73 Å². The maximum atomic E-state index is 10.8. The van der Waals surface area contributed by atoms with E-state index in [1.165, 1.54) is 4.57 Å². The fourth-order valence-corrected chi connectivity index (χ4v) is 0.816. The van der Waals surface area contributed by atoms with E-state index in [1.54, 1.807) is 0 Å². The van der Waals surface area contributed by atoms with E-state index in [0.29, 0.717) is 0 Å². The third-order valence-electron chi connectivity index (χ3n) is 1.25. The van der Waals surface area contributed by atoms with Crippen LogP contribution in [0.3, 0.4) is 0 Å². The monoisotopic (exact) mass is 142 g/mol. The highest BCUT2D eigenvalue weighted by Crippen LogP contribution is 2.02. The Hall–Kier alpha value is -1.26. The molecule has 10 heavy (non-hydrogen) atoms. The van der Waals surface area contributed by atoms with Gasteiger partial charge >= 0.3 is 5.69 Å². The summed E-state index contributed by atoms with van der Waals surface area (Å²) in [6, 6.07) is 0.0613. The molecular weight excluding hydrogens is 132 g/mol. The van der Waals surface area contributed by atoms with E-state index in [2.05, 4.69) is 10.2 Å². The van der Waals surface area contributed by atoms with Crippen LogP contribution in [-0.4, -0.2) is 14.8 Å². The Bertz CT molecular complexity index is 271. The number of hydrogen-bond acceptors (Lipinski definition) is 3. The molecule has 0 unspecified atom stereocenters. The lowest BCUT2D eigenvalue weighted by Gasteiger charge is -2.03. The topological polar surface area (TPSA) is 76.7 Å². The minimum atomic E-state index is -0.257. The van der Waals surface area contributed by atoms with Gasteiger partial charge < -0.3 is 5.73 Å². The molecule has 56 valence electrons. The zero-order chi connectivity index (χ0) is 7.72. The Morgan fingerprint density at radius 3 is 2.50 bits per heavy atom. The van der Waals surface area contributed by atoms with Crippen LogP contribution in [0.4, 0.5) is 5.95 Å². The summed E-state index contributed by atoms with van der Waals surface area (Å²) in [5.41, 5.74) is 5.11. The van der Waals surface area contributed by atoms with Crippen molar-refractivity contribution < 1.29 is 0 Å². The van der Waals surface area contributed by atoms with Crippen molar-refractivity contribution in [1.82, 2.24) is 14.8 Å². The lowest BCUT2D eigenvalue weighted by Crippen LogP contribution is -2.20. The molecule has 0 saturated carbocycles. The van der Waals surface area contributed by atoms with Gasteiger partial charge in [-0.15, -0.1) is 5.10 Å². The first-order valence-electron chi connectivity index (χ1n) is 3.05. The average Bonchev–Trinajstić information content (AvgIpc) is 2.11. The average molecular weight is 142 g/mol. The highest BCUT2D eigenvalue weighted by Gasteiger charge is 2.06. The lowest BCUT2D eigenvalue weighted by molar-refractivity contribution is 0.587. The van der Waals surface area contributed by atoms with Crippen LogP contribution in [-0.2, 0) is 0 Å². The first kappa shape index (κ1) is 6.85. The van der Waals surface area contributed by atoms with Crippen LogP contribution < -0.4 is 11.4 Å². The maximum absolute atomic E-state index is 10.8. The van der Waals surface area contributed by atoms with Gasteiger partial charge in [-0.1, -0.05) is 0 Å². The van der Waals surface area contributed by atoms with Gasteiger partial charge in [-0.05, 0) is 13.8 Å². The van der Waals surface area contributed by atoms with Crippen molar-refractivity contribution in [3.8, 4) is 0 Å². The molecule has 0 aromatic carbocycles. The van der Waals surface area contributed by atoms with Crippen molar-refractivity contribution in [3.05, 3.63) is 10.5 Å². The molecule has 0 spiro atoms. The molecule has 3 N–H and O–H groups in total. The van der Waals surface area contributed by atoms with Gasteiger partial charge in [-0.25, -0.2) is 9.89 Å². The van der Waals surface area contributed by atoms with Crippen molar-refractivity contribution in [1.29, 1.82) is 0 Å². The first-order chi connectivity index (χ1) is 4.63. The number of aromatic amines is 1. The van der Waals surface area contributed by atoms with Crippen LogP contribution in [0.1, 0.15) is 19.9 Å². The molecule has 0 amide bonds. The summed E-state index contributed by atoms with van der Waals surface area (Å²) in [7, 11) is 0. The number of hydrogen-bond donors (Lipinski definition) is 2. The molecule has 0 aliphatic carbocycles. The third-order valence-corrected chi connectivity index (χ3v) is 1.25. The summed E-state index contributed by atoms with van der Waals surface area (Å²) in [6.45, 7) is 3.74. The van der Waals surface area contributed by atoms with Crippen LogP contribution >= 0.6 is 0 Å². The summed E-state index contributed by atoms with van der Waals surface area (Å²) in [5.74, 6) is 0.236. The highest BCUT2D eigenvalue weighted by molar-refractivity contribution is 5.13. The normalized spacial score (nSPS) is 10.7. The summed E-state index contributed by atoms with van der Waals surface area (Å²) < 4.78 is 1.39. The SMILES string of the molecule is CC(C)n1c(N)n[nH]c1=O. The summed E-state index contributed by atoms with van der Waals surface area (Å²) in [5, 5.41) is 5.79. The number of nitrogens with zero attached hydrogens (tertiary/aromatic N) is 2. The zero-order valence-electron chi connectivity index (χ0n) is 5.96. The van der Waals surface area contributed by atoms with E-state index in [4.69, 9.17) is 5.73 Å². The van der Waals surface area contributed by atoms with E-state index in [0.717, 1.165) is 0 Å². The second-order valence-corrected chi connectivity index (χ2v) is 2.35. The standard InChI is InChI=1S/C5H10N4O/c1-3(2)9-4(6)7-8-5(9)10/h3H,1-2H3,(H2,6,7)(H,8,10). The van der Waals surface area contributed by atoms with Crippen LogP contribution in [0.25, 0.3) is 0 Å². The van der Waals surface area contributed by atoms with Gasteiger partial charge in [0.25, 0.3) is 0 Å². The molecule has 1 aromatic heterocycles. The molecule has 5 heteroatoms. The van der Waals surface area contributed by atoms with Crippen LogP contribution in [0.5, 0.6) is 0 Å². The lowest BCUT2D eigenvalue weighted by atomic mass is 10.4. The Balaban J connectivity index is 3.23. The molecule has 0 fully saturated rings. The number of rotatable bonds is 1. The predicted molar refractivity (Wildman–Crippen MR) is 37.6 cm³/mol. The molecule has 1 rings (SSSR count). The number of H-pyrrole nitrogens is 1. The van der Waals surface area contributed by atoms with Gasteiger partial charge in [0.05, 0.1) is 0 Å². The largest absolute Gasteiger partial charge is 0.368 e. The Morgan fingerprint density at radius 2 is 2.30 bits per heavy atom. The molecule has 0 aliphatic rings. The molecule has 0 bridgehead atoms. The van der Waals surface area contributed by atoms with Crippen LogP contribution in [0.2, 0.25) is 0 Å². The molecule has 0 aliphatic heterocycles. The van der Waals surface area contributed by atoms with Gasteiger partial charge in [0.15, 0.2) is 0 Å². The smallest absolute Gasteiger partial charge is 0.344 e. The van der Waals surface area contributed by atoms with Crippen LogP contribution in [0, 0.1) is 0 Å². The Labute approximate surface area is 57.9 Å². The van der Waals surface area contributed by atoms with Crippen molar-refractivity contribution in [2.24, 2.45) is 0 Å². The molecule has 1 aromatic rings. The van der Waals surface area contributed by atoms with Gasteiger partial charge in [0, 0.05) is 6.04 Å². The van der Waals surface area contributed by atoms with E-state index in [9.17, 15) is 4.79 Å². The molecular formula is C5H10N4O. The molecule has 5 nitrogen and oxygen atoms in total. The van der Waals surface area contributed by atoms with E-state index in [-0.39, 0.29) is 17.7 Å². The van der Waals surface area contributed by atoms with Crippen molar-refractivity contribution >= 4 is 5.95 Å². The molecule has 0 saturated heterocycles. The predicted octanol–water partition coefficient (Wildman–Crippen LogP) is -0.265. The Morgan fingerprint density at radius 1 is 1.70 bits per heavy atom. The number of aromatic nitrogens is 3. The minimum absolute atomic E-state index is 0.0613. The first-order valence-corrected chi connectivity index (χ1v) is 3.05. The molecule has 0 radical (unpaired) electrons. The van der Waals surface area contributed by atoms with E-state index >= 15 is 0 Å². The third kappa shape index (κ3) is 0.896. The second-order valence-electron chi connectivity index (χ2n) is 2.35. The van der Waals surface area contributed by atoms with Crippen LogP contribution in [0.15, 0.2) is 4.79 Å². The van der Waals surface area contributed by atoms with E-state index < -0.39 is 0 Å². The highest BCUT2D eigenvalue weighted by atomic mass is 16.1. The maximum Gasteiger partial charge on any atom is 0.344 e. The van der Waals surface area contributed by atoms with Crippen molar-refractivity contribution in [3.63, 3.8) is 0 Å². The number of nitrogens with one attached hydrogen (secondary N) is 1. The van der Waals surface area contributed by atoms with E-state index in [1.807, 2.05) is 13.8 Å². The molecule has 1 heterocycles. The number of nitrogens with two attached hydrogens (primary N) is 1. The van der Waals surface area contributed by atoms with Crippen molar-refractivity contribution in [2.45, 2.75) is 19.9 Å². The number of nitrogen functional groups attached to an aromatic ring is 1. The fraction of sp³-hybridized carbons (Fsp3) is 0.600. The van der Waals surface area contributed by atoms with Gasteiger partial charge in [0.1, 0.15) is 0 Å². The van der Waals surface area contributed by atoms with Gasteiger partial charge in [0.2, 0.25) is 5.95 Å². The second kappa shape index (κ2) is 2.17. The minimum Gasteiger partial charge on any atom is -0.368 e. The Kier molecular flexibility index (Phi) is 1.48. The van der Waals surface area contributed by atoms with Gasteiger partial charge in [-0.2, -0.15) is 0 Å². The van der Waals surface area contributed by atoms with Gasteiger partial charge in [-0.3, -0.25) is 4.57 Å². The molecule has 0 atom stereocenters. The quantitative estimate of drug-likeness (QED) is 0.566. The number of anilines is 1. The fourth-order valence-electron chi connectivity index (χ4n) is 0.816. The summed E-state index contributed by atoms with van der Waals surface area (Å²) in [4.78, 5) is 10.8. The summed E-state index contributed by atoms with van der Waals surface area (Å²) in [6.07, 6.45) is 0. The zero-order valence-corrected chi connectivity index (χ0v) is 5.96.